The number of carbonyl (C=O) groups is 1. The fraction of sp³-hybridized carbons (Fsp3) is 0.394. The van der Waals surface area contributed by atoms with Crippen LogP contribution in [0.15, 0.2) is 77.3 Å². The van der Waals surface area contributed by atoms with Gasteiger partial charge in [-0.3, -0.25) is 9.08 Å². The summed E-state index contributed by atoms with van der Waals surface area (Å²) in [5.74, 6) is 1.18. The minimum atomic E-state index is -0.551. The first-order chi connectivity index (χ1) is 23.2. The predicted octanol–water partition coefficient (Wildman–Crippen LogP) is 4.64. The molecule has 1 atom stereocenters. The maximum Gasteiger partial charge on any atom is 0.410 e. The van der Waals surface area contributed by atoms with E-state index in [0.29, 0.717) is 63.3 Å². The van der Waals surface area contributed by atoms with Crippen LogP contribution in [0.5, 0.6) is 0 Å². The third-order valence-corrected chi connectivity index (χ3v) is 9.06. The van der Waals surface area contributed by atoms with Crippen LogP contribution >= 0.6 is 11.8 Å². The van der Waals surface area contributed by atoms with Crippen molar-refractivity contribution in [1.82, 2.24) is 39.0 Å². The van der Waals surface area contributed by atoms with Crippen molar-refractivity contribution in [2.24, 2.45) is 0 Å². The second-order valence-electron chi connectivity index (χ2n) is 12.7. The van der Waals surface area contributed by atoms with Crippen molar-refractivity contribution in [3.8, 4) is 11.3 Å². The summed E-state index contributed by atoms with van der Waals surface area (Å²) in [6.45, 7) is 10.3. The summed E-state index contributed by atoms with van der Waals surface area (Å²) in [4.78, 5) is 38.4. The summed E-state index contributed by atoms with van der Waals surface area (Å²) in [6, 6.07) is 10.7. The van der Waals surface area contributed by atoms with Gasteiger partial charge in [0.2, 0.25) is 11.9 Å². The highest BCUT2D eigenvalue weighted by Crippen LogP contribution is 2.30. The van der Waals surface area contributed by atoms with E-state index in [0.717, 1.165) is 27.7 Å². The number of amides is 1. The Bertz CT molecular complexity index is 1880. The third-order valence-electron chi connectivity index (χ3n) is 8.06. The number of piperazine rings is 1. The number of anilines is 2. The Morgan fingerprint density at radius 1 is 0.979 bits per heavy atom. The van der Waals surface area contributed by atoms with E-state index in [1.807, 2.05) is 56.0 Å². The highest BCUT2D eigenvalue weighted by Gasteiger charge is 2.29. The van der Waals surface area contributed by atoms with Crippen LogP contribution in [-0.4, -0.2) is 103 Å². The van der Waals surface area contributed by atoms with Crippen LogP contribution in [0.4, 0.5) is 21.1 Å². The van der Waals surface area contributed by atoms with E-state index in [-0.39, 0.29) is 18.0 Å². The minimum Gasteiger partial charge on any atom is -0.444 e. The molecule has 2 aliphatic heterocycles. The van der Waals surface area contributed by atoms with Crippen molar-refractivity contribution < 1.29 is 18.7 Å². The van der Waals surface area contributed by atoms with Gasteiger partial charge in [0.25, 0.3) is 0 Å². The van der Waals surface area contributed by atoms with Gasteiger partial charge in [0.05, 0.1) is 37.7 Å². The molecular weight excluding hydrogens is 635 g/mol. The molecule has 2 saturated heterocycles. The first kappa shape index (κ1) is 31.8. The fourth-order valence-electron chi connectivity index (χ4n) is 5.80. The highest BCUT2D eigenvalue weighted by molar-refractivity contribution is 7.99. The normalized spacial score (nSPS) is 17.2. The van der Waals surface area contributed by atoms with E-state index in [1.54, 1.807) is 35.8 Å². The molecule has 1 aromatic carbocycles. The average molecular weight is 673 g/mol. The first-order valence-corrected chi connectivity index (χ1v) is 16.7. The van der Waals surface area contributed by atoms with E-state index in [2.05, 4.69) is 34.3 Å². The SMILES string of the molecule is CC(C)(C)OC(=O)N1CCO[C@H](Cn2cc(-c3ccc4ncnc(N5CCN(c6ncc(Sc7ccccc7F)cn6)CC5)n34)cn2)C1. The molecule has 2 aliphatic rings. The number of ether oxygens (including phenoxy) is 2. The summed E-state index contributed by atoms with van der Waals surface area (Å²) in [5.41, 5.74) is 2.09. The Morgan fingerprint density at radius 3 is 2.52 bits per heavy atom. The number of benzene rings is 1. The average Bonchev–Trinajstić information content (AvgIpc) is 3.73. The van der Waals surface area contributed by atoms with Gasteiger partial charge in [-0.25, -0.2) is 29.1 Å². The van der Waals surface area contributed by atoms with E-state index in [1.165, 1.54) is 17.8 Å². The smallest absolute Gasteiger partial charge is 0.410 e. The lowest BCUT2D eigenvalue weighted by Crippen LogP contribution is -2.48. The van der Waals surface area contributed by atoms with Gasteiger partial charge in [0, 0.05) is 66.7 Å². The molecule has 4 aromatic heterocycles. The molecule has 6 heterocycles. The zero-order valence-electron chi connectivity index (χ0n) is 27.1. The Kier molecular flexibility index (Phi) is 8.88. The lowest BCUT2D eigenvalue weighted by atomic mass is 10.2. The molecule has 48 heavy (non-hydrogen) atoms. The minimum absolute atomic E-state index is 0.205. The second kappa shape index (κ2) is 13.4. The summed E-state index contributed by atoms with van der Waals surface area (Å²) < 4.78 is 29.5. The Balaban J connectivity index is 1.01. The molecule has 0 radical (unpaired) electrons. The zero-order valence-corrected chi connectivity index (χ0v) is 27.9. The van der Waals surface area contributed by atoms with Gasteiger partial charge in [0.1, 0.15) is 23.4 Å². The Hall–Kier alpha value is -4.76. The number of nitrogens with zero attached hydrogens (tertiary/aromatic N) is 10. The maximum atomic E-state index is 14.1. The molecule has 0 saturated carbocycles. The highest BCUT2D eigenvalue weighted by atomic mass is 32.2. The molecule has 5 aromatic rings. The zero-order chi connectivity index (χ0) is 33.3. The van der Waals surface area contributed by atoms with Crippen molar-refractivity contribution in [3.63, 3.8) is 0 Å². The number of hydrogen-bond acceptors (Lipinski definition) is 11. The van der Waals surface area contributed by atoms with Crippen LogP contribution in [0.1, 0.15) is 20.8 Å². The number of morpholine rings is 1. The first-order valence-electron chi connectivity index (χ1n) is 15.9. The summed E-state index contributed by atoms with van der Waals surface area (Å²) in [6.07, 6.45) is 8.35. The lowest BCUT2D eigenvalue weighted by molar-refractivity contribution is -0.0483. The topological polar surface area (TPSA) is 119 Å². The Morgan fingerprint density at radius 2 is 1.75 bits per heavy atom. The number of fused-ring (bicyclic) bond motifs is 1. The molecule has 2 fully saturated rings. The fourth-order valence-corrected chi connectivity index (χ4v) is 6.57. The van der Waals surface area contributed by atoms with E-state index >= 15 is 0 Å². The van der Waals surface area contributed by atoms with Crippen LogP contribution in [0.25, 0.3) is 16.9 Å². The largest absolute Gasteiger partial charge is 0.444 e. The third kappa shape index (κ3) is 7.06. The quantitative estimate of drug-likeness (QED) is 0.241. The van der Waals surface area contributed by atoms with E-state index in [9.17, 15) is 9.18 Å². The van der Waals surface area contributed by atoms with Crippen LogP contribution < -0.4 is 9.80 Å². The monoisotopic (exact) mass is 672 g/mol. The van der Waals surface area contributed by atoms with Crippen molar-refractivity contribution in [3.05, 3.63) is 73.3 Å². The van der Waals surface area contributed by atoms with Crippen LogP contribution in [0.2, 0.25) is 0 Å². The molecule has 0 N–H and O–H groups in total. The molecule has 1 amide bonds. The van der Waals surface area contributed by atoms with Crippen molar-refractivity contribution in [1.29, 1.82) is 0 Å². The van der Waals surface area contributed by atoms with Gasteiger partial charge in [-0.05, 0) is 45.0 Å². The molecule has 250 valence electrons. The molecule has 7 rings (SSSR count). The summed E-state index contributed by atoms with van der Waals surface area (Å²) >= 11 is 1.31. The molecule has 0 aliphatic carbocycles. The number of halogens is 1. The van der Waals surface area contributed by atoms with Crippen LogP contribution in [0.3, 0.4) is 0 Å². The van der Waals surface area contributed by atoms with Crippen molar-refractivity contribution in [2.75, 3.05) is 55.7 Å². The summed E-state index contributed by atoms with van der Waals surface area (Å²) in [5, 5.41) is 4.62. The van der Waals surface area contributed by atoms with Crippen molar-refractivity contribution in [2.45, 2.75) is 48.8 Å². The summed E-state index contributed by atoms with van der Waals surface area (Å²) in [7, 11) is 0. The molecule has 13 nitrogen and oxygen atoms in total. The van der Waals surface area contributed by atoms with Gasteiger partial charge >= 0.3 is 6.09 Å². The lowest BCUT2D eigenvalue weighted by Gasteiger charge is -2.35. The predicted molar refractivity (Wildman–Crippen MR) is 179 cm³/mol. The maximum absolute atomic E-state index is 14.1. The van der Waals surface area contributed by atoms with E-state index < -0.39 is 5.60 Å². The van der Waals surface area contributed by atoms with Gasteiger partial charge in [-0.15, -0.1) is 0 Å². The standard InChI is InChI=1S/C33H37FN10O3S/c1-33(2,3)47-32(45)42-14-15-46-24(20-42)21-43-19-23(16-39-43)27-8-9-29-37-22-38-31(44(27)29)41-12-10-40(11-13-41)30-35-17-25(18-36-30)48-28-7-5-4-6-26(28)34/h4-9,16-19,22,24H,10-15,20-21H2,1-3H3/t24-/m0/s1. The number of rotatable bonds is 7. The van der Waals surface area contributed by atoms with Gasteiger partial charge in [-0.1, -0.05) is 23.9 Å². The van der Waals surface area contributed by atoms with Gasteiger partial charge in [0.15, 0.2) is 0 Å². The Labute approximate surface area is 281 Å². The molecule has 0 bridgehead atoms. The molecule has 0 spiro atoms. The number of aromatic nitrogens is 7. The van der Waals surface area contributed by atoms with Crippen LogP contribution in [-0.2, 0) is 16.0 Å². The van der Waals surface area contributed by atoms with E-state index in [4.69, 9.17) is 14.5 Å². The molecule has 15 heteroatoms. The van der Waals surface area contributed by atoms with Gasteiger partial charge < -0.3 is 24.2 Å². The van der Waals surface area contributed by atoms with Gasteiger partial charge in [-0.2, -0.15) is 5.10 Å². The molecule has 0 unspecified atom stereocenters. The number of hydrogen-bond donors (Lipinski definition) is 0. The van der Waals surface area contributed by atoms with Crippen LogP contribution in [0, 0.1) is 5.82 Å². The van der Waals surface area contributed by atoms with Crippen molar-refractivity contribution >= 4 is 35.4 Å². The number of carbonyl (C=O) groups excluding carboxylic acids is 1. The second-order valence-corrected chi connectivity index (χ2v) is 13.8. The molecular formula is C33H37FN10O3S.